The lowest BCUT2D eigenvalue weighted by atomic mass is 10.00. The van der Waals surface area contributed by atoms with E-state index in [9.17, 15) is 4.79 Å². The molecule has 3 aromatic heterocycles. The number of amides is 2. The lowest BCUT2D eigenvalue weighted by Crippen LogP contribution is -2.31. The van der Waals surface area contributed by atoms with Crippen LogP contribution < -0.4 is 10.6 Å². The molecule has 0 saturated heterocycles. The highest BCUT2D eigenvalue weighted by Gasteiger charge is 2.20. The smallest absolute Gasteiger partial charge is 0.323 e. The van der Waals surface area contributed by atoms with Crippen LogP contribution in [-0.4, -0.2) is 25.8 Å². The molecule has 3 N–H and O–H groups in total. The van der Waals surface area contributed by atoms with Crippen LogP contribution in [0.15, 0.2) is 83.7 Å². The molecule has 33 heavy (non-hydrogen) atoms. The van der Waals surface area contributed by atoms with Gasteiger partial charge in [0.05, 0.1) is 11.4 Å². The van der Waals surface area contributed by atoms with Crippen LogP contribution >= 0.6 is 15.9 Å². The largest absolute Gasteiger partial charge is 0.351 e. The molecule has 0 radical (unpaired) electrons. The molecule has 2 amide bonds. The summed E-state index contributed by atoms with van der Waals surface area (Å²) >= 11 is 3.64. The van der Waals surface area contributed by atoms with Gasteiger partial charge in [0, 0.05) is 46.1 Å². The standard InChI is InChI=1S/C25H21BrN6O/c1-2-31-15-20(19-11-12-28-24-22(19)21(26)14-29-24)23(30-31)16-7-6-10-18(13-16)32(25(27)33)17-8-4-3-5-9-17/h3-15H,2H2,1H3,(H2,27,33)(H,28,29). The summed E-state index contributed by atoms with van der Waals surface area (Å²) in [5.41, 5.74) is 11.6. The molecular weight excluding hydrogens is 480 g/mol. The maximum absolute atomic E-state index is 12.4. The number of fused-ring (bicyclic) bond motifs is 1. The van der Waals surface area contributed by atoms with Crippen LogP contribution in [0.4, 0.5) is 16.2 Å². The second-order valence-corrected chi connectivity index (χ2v) is 8.38. The molecule has 0 fully saturated rings. The molecule has 2 aromatic carbocycles. The first-order valence-corrected chi connectivity index (χ1v) is 11.3. The van der Waals surface area contributed by atoms with Crippen LogP contribution in [0, 0.1) is 0 Å². The number of nitrogens with one attached hydrogen (secondary N) is 1. The van der Waals surface area contributed by atoms with Crippen molar-refractivity contribution in [2.45, 2.75) is 13.5 Å². The molecule has 0 aliphatic carbocycles. The van der Waals surface area contributed by atoms with Gasteiger partial charge in [0.15, 0.2) is 0 Å². The van der Waals surface area contributed by atoms with Crippen molar-refractivity contribution in [3.63, 3.8) is 0 Å². The van der Waals surface area contributed by atoms with Crippen molar-refractivity contribution in [1.82, 2.24) is 19.7 Å². The van der Waals surface area contributed by atoms with Gasteiger partial charge in [-0.1, -0.05) is 30.3 Å². The maximum atomic E-state index is 12.4. The summed E-state index contributed by atoms with van der Waals surface area (Å²) in [6.45, 7) is 2.78. The number of benzene rings is 2. The third-order valence-electron chi connectivity index (χ3n) is 5.51. The van der Waals surface area contributed by atoms with Gasteiger partial charge in [-0.3, -0.25) is 9.58 Å². The number of aromatic nitrogens is 4. The van der Waals surface area contributed by atoms with Crippen molar-refractivity contribution < 1.29 is 4.79 Å². The number of H-pyrrole nitrogens is 1. The Hall–Kier alpha value is -3.91. The highest BCUT2D eigenvalue weighted by Crippen LogP contribution is 2.39. The van der Waals surface area contributed by atoms with Gasteiger partial charge in [0.2, 0.25) is 0 Å². The Balaban J connectivity index is 1.68. The van der Waals surface area contributed by atoms with E-state index in [2.05, 4.69) is 32.8 Å². The van der Waals surface area contributed by atoms with E-state index in [4.69, 9.17) is 10.8 Å². The summed E-state index contributed by atoms with van der Waals surface area (Å²) in [5, 5.41) is 5.84. The number of nitrogens with zero attached hydrogens (tertiary/aromatic N) is 4. The molecule has 0 aliphatic heterocycles. The number of rotatable bonds is 5. The summed E-state index contributed by atoms with van der Waals surface area (Å²) in [6, 6.07) is 18.5. The minimum Gasteiger partial charge on any atom is -0.351 e. The van der Waals surface area contributed by atoms with Crippen LogP contribution in [0.2, 0.25) is 0 Å². The van der Waals surface area contributed by atoms with E-state index in [1.807, 2.05) is 77.7 Å². The first-order chi connectivity index (χ1) is 16.1. The van der Waals surface area contributed by atoms with Crippen LogP contribution in [0.5, 0.6) is 0 Å². The van der Waals surface area contributed by atoms with Crippen molar-refractivity contribution in [3.8, 4) is 22.4 Å². The fraction of sp³-hybridized carbons (Fsp3) is 0.0800. The number of hydrogen-bond acceptors (Lipinski definition) is 3. The zero-order valence-corrected chi connectivity index (χ0v) is 19.5. The van der Waals surface area contributed by atoms with Gasteiger partial charge in [0.25, 0.3) is 0 Å². The number of pyridine rings is 1. The number of aryl methyl sites for hydroxylation is 1. The number of aromatic amines is 1. The molecule has 0 bridgehead atoms. The number of para-hydroxylation sites is 1. The summed E-state index contributed by atoms with van der Waals surface area (Å²) in [5.74, 6) is 0. The average molecular weight is 501 g/mol. The molecule has 5 rings (SSSR count). The van der Waals surface area contributed by atoms with Crippen molar-refractivity contribution in [3.05, 3.63) is 83.7 Å². The monoisotopic (exact) mass is 500 g/mol. The fourth-order valence-corrected chi connectivity index (χ4v) is 4.52. The Morgan fingerprint density at radius 3 is 2.64 bits per heavy atom. The topological polar surface area (TPSA) is 92.8 Å². The molecule has 0 unspecified atom stereocenters. The van der Waals surface area contributed by atoms with Gasteiger partial charge >= 0.3 is 6.03 Å². The van der Waals surface area contributed by atoms with E-state index in [-0.39, 0.29) is 0 Å². The predicted octanol–water partition coefficient (Wildman–Crippen LogP) is 6.09. The van der Waals surface area contributed by atoms with Crippen molar-refractivity contribution in [1.29, 1.82) is 0 Å². The van der Waals surface area contributed by atoms with E-state index < -0.39 is 6.03 Å². The van der Waals surface area contributed by atoms with Gasteiger partial charge in [0.1, 0.15) is 11.3 Å². The Morgan fingerprint density at radius 2 is 1.88 bits per heavy atom. The summed E-state index contributed by atoms with van der Waals surface area (Å²) in [6.07, 6.45) is 5.71. The molecule has 0 spiro atoms. The molecule has 0 aliphatic rings. The Bertz CT molecular complexity index is 1460. The van der Waals surface area contributed by atoms with Gasteiger partial charge in [-0.2, -0.15) is 5.10 Å². The molecule has 164 valence electrons. The van der Waals surface area contributed by atoms with Crippen LogP contribution in [0.1, 0.15) is 6.92 Å². The number of primary amides is 1. The second kappa shape index (κ2) is 8.55. The SMILES string of the molecule is CCn1cc(-c2ccnc3[nH]cc(Br)c23)c(-c2cccc(N(C(N)=O)c3ccccc3)c2)n1. The van der Waals surface area contributed by atoms with Crippen LogP contribution in [0.3, 0.4) is 0 Å². The zero-order valence-electron chi connectivity index (χ0n) is 17.9. The highest BCUT2D eigenvalue weighted by molar-refractivity contribution is 9.10. The fourth-order valence-electron chi connectivity index (χ4n) is 4.01. The minimum atomic E-state index is -0.551. The highest BCUT2D eigenvalue weighted by atomic mass is 79.9. The van der Waals surface area contributed by atoms with Gasteiger partial charge in [-0.25, -0.2) is 9.78 Å². The number of urea groups is 1. The molecule has 0 atom stereocenters. The number of halogens is 1. The number of hydrogen-bond donors (Lipinski definition) is 2. The average Bonchev–Trinajstić information content (AvgIpc) is 3.44. The summed E-state index contributed by atoms with van der Waals surface area (Å²) in [4.78, 5) is 21.5. The second-order valence-electron chi connectivity index (χ2n) is 7.53. The van der Waals surface area contributed by atoms with Crippen molar-refractivity contribution in [2.75, 3.05) is 4.90 Å². The van der Waals surface area contributed by atoms with Crippen LogP contribution in [-0.2, 0) is 6.54 Å². The minimum absolute atomic E-state index is 0.551. The Morgan fingerprint density at radius 1 is 1.09 bits per heavy atom. The van der Waals surface area contributed by atoms with E-state index in [1.165, 1.54) is 4.90 Å². The summed E-state index contributed by atoms with van der Waals surface area (Å²) in [7, 11) is 0. The molecule has 8 heteroatoms. The number of anilines is 2. The Kier molecular flexibility index (Phi) is 5.43. The van der Waals surface area contributed by atoms with E-state index in [1.54, 1.807) is 6.20 Å². The maximum Gasteiger partial charge on any atom is 0.323 e. The van der Waals surface area contributed by atoms with Gasteiger partial charge in [-0.15, -0.1) is 0 Å². The van der Waals surface area contributed by atoms with Crippen LogP contribution in [0.25, 0.3) is 33.4 Å². The number of nitrogens with two attached hydrogens (primary N) is 1. The zero-order chi connectivity index (χ0) is 22.9. The first kappa shape index (κ1) is 21.0. The molecule has 7 nitrogen and oxygen atoms in total. The van der Waals surface area contributed by atoms with Crippen molar-refractivity contribution in [2.24, 2.45) is 5.73 Å². The third-order valence-corrected chi connectivity index (χ3v) is 6.14. The Labute approximate surface area is 199 Å². The van der Waals surface area contributed by atoms with Crippen molar-refractivity contribution >= 4 is 44.4 Å². The van der Waals surface area contributed by atoms with E-state index in [0.717, 1.165) is 44.4 Å². The lowest BCUT2D eigenvalue weighted by Gasteiger charge is -2.21. The molecule has 5 aromatic rings. The van der Waals surface area contributed by atoms with E-state index >= 15 is 0 Å². The van der Waals surface area contributed by atoms with Gasteiger partial charge in [-0.05, 0) is 58.7 Å². The van der Waals surface area contributed by atoms with Gasteiger partial charge < -0.3 is 10.7 Å². The normalized spacial score (nSPS) is 11.1. The lowest BCUT2D eigenvalue weighted by molar-refractivity contribution is 0.256. The third kappa shape index (κ3) is 3.78. The number of carbonyl (C=O) groups excluding carboxylic acids is 1. The molecular formula is C25H21BrN6O. The predicted molar refractivity (Wildman–Crippen MR) is 134 cm³/mol. The first-order valence-electron chi connectivity index (χ1n) is 10.5. The summed E-state index contributed by atoms with van der Waals surface area (Å²) < 4.78 is 2.85. The quantitative estimate of drug-likeness (QED) is 0.305. The number of carbonyl (C=O) groups is 1. The molecule has 3 heterocycles. The van der Waals surface area contributed by atoms with E-state index in [0.29, 0.717) is 11.4 Å². The molecule has 0 saturated carbocycles.